The summed E-state index contributed by atoms with van der Waals surface area (Å²) in [6.45, 7) is 0. The predicted octanol–water partition coefficient (Wildman–Crippen LogP) is 1.39. The number of esters is 1. The molecule has 0 saturated carbocycles. The van der Waals surface area contributed by atoms with E-state index in [1.807, 2.05) is 0 Å². The van der Waals surface area contributed by atoms with E-state index in [2.05, 4.69) is 4.74 Å². The van der Waals surface area contributed by atoms with Crippen LogP contribution in [0.1, 0.15) is 10.4 Å². The van der Waals surface area contributed by atoms with Gasteiger partial charge in [0, 0.05) is 6.07 Å². The van der Waals surface area contributed by atoms with Gasteiger partial charge in [0.2, 0.25) is 0 Å². The van der Waals surface area contributed by atoms with Crippen molar-refractivity contribution >= 4 is 22.6 Å². The molecule has 0 aliphatic heterocycles. The number of hydrogen-bond acceptors (Lipinski definition) is 5. The molecule has 1 aromatic carbocycles. The van der Waals surface area contributed by atoms with Crippen molar-refractivity contribution in [3.63, 3.8) is 0 Å². The molecule has 0 unspecified atom stereocenters. The zero-order valence-electron chi connectivity index (χ0n) is 9.75. The third kappa shape index (κ3) is 1.65. The molecule has 0 fully saturated rings. The molecular formula is C11H10N2O5. The minimum Gasteiger partial charge on any atom is -0.465 e. The number of aromatic nitrogens is 1. The van der Waals surface area contributed by atoms with Gasteiger partial charge in [0.05, 0.1) is 34.7 Å². The van der Waals surface area contributed by atoms with Crippen molar-refractivity contribution in [3.05, 3.63) is 40.1 Å². The lowest BCUT2D eigenvalue weighted by molar-refractivity contribution is -0.383. The van der Waals surface area contributed by atoms with Crippen molar-refractivity contribution < 1.29 is 19.3 Å². The number of carbonyl (C=O) groups excluding carboxylic acids is 1. The maximum absolute atomic E-state index is 11.6. The molecule has 0 amide bonds. The van der Waals surface area contributed by atoms with Gasteiger partial charge < -0.3 is 9.57 Å². The molecule has 0 aliphatic carbocycles. The Morgan fingerprint density at radius 2 is 2.11 bits per heavy atom. The van der Waals surface area contributed by atoms with Gasteiger partial charge in [-0.15, -0.1) is 0 Å². The van der Waals surface area contributed by atoms with Gasteiger partial charge in [0.25, 0.3) is 5.69 Å². The van der Waals surface area contributed by atoms with Gasteiger partial charge in [-0.1, -0.05) is 6.07 Å². The van der Waals surface area contributed by atoms with E-state index in [9.17, 15) is 14.9 Å². The summed E-state index contributed by atoms with van der Waals surface area (Å²) in [6, 6.07) is 4.48. The van der Waals surface area contributed by atoms with E-state index >= 15 is 0 Å². The second kappa shape index (κ2) is 4.36. The minimum atomic E-state index is -0.648. The van der Waals surface area contributed by atoms with E-state index in [1.165, 1.54) is 37.3 Å². The van der Waals surface area contributed by atoms with E-state index in [0.29, 0.717) is 5.52 Å². The molecule has 1 heterocycles. The lowest BCUT2D eigenvalue weighted by atomic mass is 10.1. The Balaban J connectivity index is 2.85. The molecule has 0 saturated heterocycles. The number of rotatable bonds is 3. The summed E-state index contributed by atoms with van der Waals surface area (Å²) >= 11 is 0. The highest BCUT2D eigenvalue weighted by Gasteiger charge is 2.24. The largest absolute Gasteiger partial charge is 0.465 e. The zero-order chi connectivity index (χ0) is 13.3. The molecule has 0 spiro atoms. The smallest absolute Gasteiger partial charge is 0.340 e. The summed E-state index contributed by atoms with van der Waals surface area (Å²) < 4.78 is 5.89. The lowest BCUT2D eigenvalue weighted by Crippen LogP contribution is -2.04. The highest BCUT2D eigenvalue weighted by molar-refractivity contribution is 6.08. The van der Waals surface area contributed by atoms with E-state index in [4.69, 9.17) is 4.84 Å². The first-order chi connectivity index (χ1) is 8.60. The number of benzene rings is 1. The van der Waals surface area contributed by atoms with Crippen LogP contribution >= 0.6 is 0 Å². The first kappa shape index (κ1) is 11.9. The van der Waals surface area contributed by atoms with Gasteiger partial charge >= 0.3 is 5.97 Å². The summed E-state index contributed by atoms with van der Waals surface area (Å²) in [4.78, 5) is 27.1. The lowest BCUT2D eigenvalue weighted by Gasteiger charge is -2.00. The van der Waals surface area contributed by atoms with E-state index in [-0.39, 0.29) is 16.6 Å². The van der Waals surface area contributed by atoms with Gasteiger partial charge in [0.1, 0.15) is 7.11 Å². The molecule has 7 heteroatoms. The molecule has 0 atom stereocenters. The van der Waals surface area contributed by atoms with Gasteiger partial charge in [-0.2, -0.15) is 4.73 Å². The fourth-order valence-electron chi connectivity index (χ4n) is 1.81. The Morgan fingerprint density at radius 1 is 1.39 bits per heavy atom. The second-order valence-electron chi connectivity index (χ2n) is 3.47. The molecule has 2 rings (SSSR count). The molecule has 7 nitrogen and oxygen atoms in total. The Morgan fingerprint density at radius 3 is 2.67 bits per heavy atom. The number of nitro groups is 1. The monoisotopic (exact) mass is 250 g/mol. The summed E-state index contributed by atoms with van der Waals surface area (Å²) in [5, 5.41) is 11.2. The van der Waals surface area contributed by atoms with Crippen LogP contribution in [0.2, 0.25) is 0 Å². The van der Waals surface area contributed by atoms with Gasteiger partial charge in [0.15, 0.2) is 0 Å². The molecular weight excluding hydrogens is 240 g/mol. The van der Waals surface area contributed by atoms with Crippen LogP contribution in [0, 0.1) is 10.1 Å². The Hall–Kier alpha value is -2.57. The summed E-state index contributed by atoms with van der Waals surface area (Å²) in [5.41, 5.74) is 0.373. The molecule has 2 aromatic rings. The molecule has 0 aliphatic rings. The average molecular weight is 250 g/mol. The number of nitro benzene ring substituents is 1. The highest BCUT2D eigenvalue weighted by atomic mass is 16.6. The number of methoxy groups -OCH3 is 1. The third-order valence-electron chi connectivity index (χ3n) is 2.57. The van der Waals surface area contributed by atoms with Crippen LogP contribution in [0.25, 0.3) is 10.9 Å². The fraction of sp³-hybridized carbons (Fsp3) is 0.182. The number of hydrogen-bond donors (Lipinski definition) is 0. The van der Waals surface area contributed by atoms with Crippen LogP contribution in [0.3, 0.4) is 0 Å². The van der Waals surface area contributed by atoms with Crippen molar-refractivity contribution in [2.45, 2.75) is 0 Å². The summed E-state index contributed by atoms with van der Waals surface area (Å²) in [7, 11) is 2.62. The number of nitrogens with zero attached hydrogens (tertiary/aromatic N) is 2. The van der Waals surface area contributed by atoms with Crippen molar-refractivity contribution in [1.82, 2.24) is 4.73 Å². The number of non-ortho nitro benzene ring substituents is 1. The van der Waals surface area contributed by atoms with Crippen LogP contribution < -0.4 is 4.84 Å². The minimum absolute atomic E-state index is 0.0988. The van der Waals surface area contributed by atoms with Gasteiger partial charge in [-0.3, -0.25) is 10.1 Å². The summed E-state index contributed by atoms with van der Waals surface area (Å²) in [6.07, 6.45) is 1.36. The van der Waals surface area contributed by atoms with Crippen LogP contribution in [-0.4, -0.2) is 29.8 Å². The van der Waals surface area contributed by atoms with Crippen molar-refractivity contribution in [2.24, 2.45) is 0 Å². The van der Waals surface area contributed by atoms with E-state index in [1.54, 1.807) is 6.07 Å². The molecule has 0 N–H and O–H groups in total. The SMILES string of the molecule is COC(=O)c1cn(OC)c2cccc([N+](=O)[O-])c12. The summed E-state index contributed by atoms with van der Waals surface area (Å²) in [5.74, 6) is -0.648. The highest BCUT2D eigenvalue weighted by Crippen LogP contribution is 2.30. The van der Waals surface area contributed by atoms with Crippen LogP contribution in [0.5, 0.6) is 0 Å². The topological polar surface area (TPSA) is 83.6 Å². The quantitative estimate of drug-likeness (QED) is 0.467. The van der Waals surface area contributed by atoms with Gasteiger partial charge in [-0.25, -0.2) is 4.79 Å². The number of fused-ring (bicyclic) bond motifs is 1. The molecule has 0 bridgehead atoms. The molecule has 94 valence electrons. The molecule has 0 radical (unpaired) electrons. The standard InChI is InChI=1S/C11H10N2O5/c1-17-11(14)7-6-12(18-2)8-4-3-5-9(10(7)8)13(15)16/h3-6H,1-2H3. The van der Waals surface area contributed by atoms with Crippen LogP contribution in [0.4, 0.5) is 5.69 Å². The predicted molar refractivity (Wildman–Crippen MR) is 62.4 cm³/mol. The Kier molecular flexibility index (Phi) is 2.88. The normalized spacial score (nSPS) is 10.3. The molecule has 1 aromatic heterocycles. The average Bonchev–Trinajstić information content (AvgIpc) is 2.76. The maximum atomic E-state index is 11.6. The van der Waals surface area contributed by atoms with Crippen molar-refractivity contribution in [2.75, 3.05) is 14.2 Å². The number of ether oxygens (including phenoxy) is 1. The second-order valence-corrected chi connectivity index (χ2v) is 3.47. The first-order valence-electron chi connectivity index (χ1n) is 5.01. The van der Waals surface area contributed by atoms with Crippen molar-refractivity contribution in [3.8, 4) is 0 Å². The van der Waals surface area contributed by atoms with Crippen LogP contribution in [-0.2, 0) is 4.74 Å². The zero-order valence-corrected chi connectivity index (χ0v) is 9.75. The molecule has 18 heavy (non-hydrogen) atoms. The number of carbonyl (C=O) groups is 1. The van der Waals surface area contributed by atoms with E-state index in [0.717, 1.165) is 0 Å². The van der Waals surface area contributed by atoms with Gasteiger partial charge in [-0.05, 0) is 6.07 Å². The van der Waals surface area contributed by atoms with Crippen molar-refractivity contribution in [1.29, 1.82) is 0 Å². The Bertz CT molecular complexity index is 632. The Labute approximate surface area is 102 Å². The third-order valence-corrected chi connectivity index (χ3v) is 2.57. The first-order valence-corrected chi connectivity index (χ1v) is 5.01. The fourth-order valence-corrected chi connectivity index (χ4v) is 1.81. The van der Waals surface area contributed by atoms with E-state index < -0.39 is 10.9 Å². The maximum Gasteiger partial charge on any atom is 0.340 e. The van der Waals surface area contributed by atoms with Crippen LogP contribution in [0.15, 0.2) is 24.4 Å².